The Morgan fingerprint density at radius 1 is 1.40 bits per heavy atom. The van der Waals surface area contributed by atoms with Crippen molar-refractivity contribution in [3.8, 4) is 6.07 Å². The smallest absolute Gasteiger partial charge is 0.109 e. The van der Waals surface area contributed by atoms with E-state index in [1.165, 1.54) is 23.3 Å². The average molecular weight is 288 g/mol. The highest BCUT2D eigenvalue weighted by Crippen LogP contribution is 2.38. The van der Waals surface area contributed by atoms with E-state index in [-0.39, 0.29) is 5.54 Å². The van der Waals surface area contributed by atoms with Gasteiger partial charge in [0.1, 0.15) is 5.54 Å². The minimum Gasteiger partial charge on any atom is -0.299 e. The van der Waals surface area contributed by atoms with E-state index in [0.29, 0.717) is 5.92 Å². The number of hydrogen-bond donors (Lipinski definition) is 1. The van der Waals surface area contributed by atoms with Crippen molar-refractivity contribution in [3.63, 3.8) is 0 Å². The van der Waals surface area contributed by atoms with Crippen molar-refractivity contribution in [2.45, 2.75) is 50.0 Å². The second kappa shape index (κ2) is 7.15. The molecule has 1 aromatic carbocycles. The Balaban J connectivity index is 1.87. The van der Waals surface area contributed by atoms with Crippen molar-refractivity contribution in [2.24, 2.45) is 5.92 Å². The van der Waals surface area contributed by atoms with Crippen LogP contribution in [0.4, 0.5) is 0 Å². The number of nitrogens with zero attached hydrogens (tertiary/aromatic N) is 1. The number of rotatable bonds is 6. The summed E-state index contributed by atoms with van der Waals surface area (Å²) >= 11 is 1.91. The van der Waals surface area contributed by atoms with Gasteiger partial charge in [-0.2, -0.15) is 5.26 Å². The summed E-state index contributed by atoms with van der Waals surface area (Å²) < 4.78 is 0. The zero-order valence-corrected chi connectivity index (χ0v) is 13.3. The monoisotopic (exact) mass is 288 g/mol. The number of nitriles is 1. The molecule has 0 amide bonds. The van der Waals surface area contributed by atoms with Crippen molar-refractivity contribution in [1.82, 2.24) is 5.32 Å². The Hall–Kier alpha value is -0.980. The third kappa shape index (κ3) is 3.56. The fraction of sp³-hybridized carbons (Fsp3) is 0.588. The summed E-state index contributed by atoms with van der Waals surface area (Å²) in [5.41, 5.74) is 1.04. The summed E-state index contributed by atoms with van der Waals surface area (Å²) in [4.78, 5) is 1.33. The van der Waals surface area contributed by atoms with Gasteiger partial charge in [-0.15, -0.1) is 11.8 Å². The first-order valence-corrected chi connectivity index (χ1v) is 8.54. The fourth-order valence-corrected chi connectivity index (χ4v) is 4.12. The second-order valence-corrected chi connectivity index (χ2v) is 6.82. The molecule has 3 heteroatoms. The third-order valence-corrected chi connectivity index (χ3v) is 5.31. The van der Waals surface area contributed by atoms with Crippen LogP contribution >= 0.6 is 11.8 Å². The van der Waals surface area contributed by atoms with Gasteiger partial charge in [0.15, 0.2) is 0 Å². The molecular weight excluding hydrogens is 264 g/mol. The highest BCUT2D eigenvalue weighted by Gasteiger charge is 2.41. The minimum absolute atomic E-state index is 0.261. The molecule has 0 aliphatic heterocycles. The molecule has 0 spiro atoms. The van der Waals surface area contributed by atoms with E-state index >= 15 is 0 Å². The van der Waals surface area contributed by atoms with Gasteiger partial charge < -0.3 is 0 Å². The van der Waals surface area contributed by atoms with Crippen LogP contribution in [0.25, 0.3) is 0 Å². The quantitative estimate of drug-likeness (QED) is 0.799. The van der Waals surface area contributed by atoms with Gasteiger partial charge >= 0.3 is 0 Å². The molecule has 20 heavy (non-hydrogen) atoms. The molecule has 0 aromatic heterocycles. The van der Waals surface area contributed by atoms with Crippen molar-refractivity contribution < 1.29 is 0 Å². The van der Waals surface area contributed by atoms with Crippen LogP contribution in [0.5, 0.6) is 0 Å². The Morgan fingerprint density at radius 3 is 2.80 bits per heavy atom. The van der Waals surface area contributed by atoms with Crippen LogP contribution < -0.4 is 5.32 Å². The van der Waals surface area contributed by atoms with Gasteiger partial charge in [-0.05, 0) is 56.5 Å². The molecule has 2 atom stereocenters. The topological polar surface area (TPSA) is 35.8 Å². The summed E-state index contributed by atoms with van der Waals surface area (Å²) in [6, 6.07) is 11.3. The molecule has 1 fully saturated rings. The largest absolute Gasteiger partial charge is 0.299 e. The van der Waals surface area contributed by atoms with Crippen LogP contribution in [0.2, 0.25) is 0 Å². The summed E-state index contributed by atoms with van der Waals surface area (Å²) in [6.07, 6.45) is 4.51. The molecule has 2 rings (SSSR count). The molecule has 0 saturated heterocycles. The minimum atomic E-state index is -0.261. The van der Waals surface area contributed by atoms with Crippen LogP contribution in [0.1, 0.15) is 38.2 Å². The zero-order chi connectivity index (χ0) is 14.4. The molecule has 1 saturated carbocycles. The van der Waals surface area contributed by atoms with E-state index in [1.807, 2.05) is 11.8 Å². The number of benzene rings is 1. The Labute approximate surface area is 127 Å². The Bertz CT molecular complexity index is 463. The van der Waals surface area contributed by atoms with E-state index in [0.717, 1.165) is 25.1 Å². The van der Waals surface area contributed by atoms with Crippen LogP contribution in [0.15, 0.2) is 29.2 Å². The predicted octanol–water partition coefficient (Wildman–Crippen LogP) is 4.15. The fourth-order valence-electron chi connectivity index (χ4n) is 3.16. The number of hydrogen-bond acceptors (Lipinski definition) is 3. The van der Waals surface area contributed by atoms with Gasteiger partial charge in [0.25, 0.3) is 0 Å². The molecular formula is C17H24N2S. The standard InChI is InChI=1S/C17H24N2S/c1-3-19-17(13-18)11-4-5-15(17)10-12-20-16-8-6-14(2)7-9-16/h6-9,15,19H,3-5,10-12H2,1-2H3. The summed E-state index contributed by atoms with van der Waals surface area (Å²) in [5, 5.41) is 13.0. The Kier molecular flexibility index (Phi) is 5.51. The van der Waals surface area contributed by atoms with Crippen LogP contribution in [0.3, 0.4) is 0 Å². The molecule has 1 aliphatic rings. The van der Waals surface area contributed by atoms with Crippen molar-refractivity contribution >= 4 is 11.8 Å². The Morgan fingerprint density at radius 2 is 2.15 bits per heavy atom. The molecule has 1 N–H and O–H groups in total. The number of aryl methyl sites for hydroxylation is 1. The maximum atomic E-state index is 9.55. The lowest BCUT2D eigenvalue weighted by Gasteiger charge is -2.29. The maximum absolute atomic E-state index is 9.55. The summed E-state index contributed by atoms with van der Waals surface area (Å²) in [6.45, 7) is 5.09. The van der Waals surface area contributed by atoms with Gasteiger partial charge in [0, 0.05) is 4.90 Å². The van der Waals surface area contributed by atoms with Crippen molar-refractivity contribution in [3.05, 3.63) is 29.8 Å². The van der Waals surface area contributed by atoms with Gasteiger partial charge in [0.2, 0.25) is 0 Å². The second-order valence-electron chi connectivity index (χ2n) is 5.65. The SMILES string of the molecule is CCNC1(C#N)CCCC1CCSc1ccc(C)cc1. The summed E-state index contributed by atoms with van der Waals surface area (Å²) in [7, 11) is 0. The van der Waals surface area contributed by atoms with Crippen molar-refractivity contribution in [1.29, 1.82) is 5.26 Å². The van der Waals surface area contributed by atoms with Crippen LogP contribution in [-0.4, -0.2) is 17.8 Å². The first kappa shape index (κ1) is 15.4. The third-order valence-electron chi connectivity index (χ3n) is 4.27. The highest BCUT2D eigenvalue weighted by atomic mass is 32.2. The lowest BCUT2D eigenvalue weighted by molar-refractivity contribution is 0.317. The molecule has 2 unspecified atom stereocenters. The average Bonchev–Trinajstić information content (AvgIpc) is 2.85. The molecule has 0 heterocycles. The van der Waals surface area contributed by atoms with Gasteiger partial charge in [-0.3, -0.25) is 5.32 Å². The first-order chi connectivity index (χ1) is 9.70. The maximum Gasteiger partial charge on any atom is 0.109 e. The molecule has 0 bridgehead atoms. The molecule has 1 aliphatic carbocycles. The van der Waals surface area contributed by atoms with E-state index in [4.69, 9.17) is 0 Å². The number of thioether (sulfide) groups is 1. The van der Waals surface area contributed by atoms with Gasteiger partial charge in [0.05, 0.1) is 6.07 Å². The van der Waals surface area contributed by atoms with Crippen LogP contribution in [-0.2, 0) is 0 Å². The normalized spacial score (nSPS) is 25.6. The zero-order valence-electron chi connectivity index (χ0n) is 12.5. The lowest BCUT2D eigenvalue weighted by Crippen LogP contribution is -2.47. The van der Waals surface area contributed by atoms with Gasteiger partial charge in [-0.25, -0.2) is 0 Å². The summed E-state index contributed by atoms with van der Waals surface area (Å²) in [5.74, 6) is 1.60. The van der Waals surface area contributed by atoms with Crippen molar-refractivity contribution in [2.75, 3.05) is 12.3 Å². The molecule has 1 aromatic rings. The molecule has 108 valence electrons. The predicted molar refractivity (Wildman–Crippen MR) is 85.9 cm³/mol. The van der Waals surface area contributed by atoms with E-state index in [1.54, 1.807) is 0 Å². The lowest BCUT2D eigenvalue weighted by atomic mass is 9.86. The van der Waals surface area contributed by atoms with E-state index in [9.17, 15) is 5.26 Å². The highest BCUT2D eigenvalue weighted by molar-refractivity contribution is 7.99. The molecule has 0 radical (unpaired) electrons. The number of nitrogens with one attached hydrogen (secondary N) is 1. The molecule has 2 nitrogen and oxygen atoms in total. The van der Waals surface area contributed by atoms with Crippen LogP contribution in [0, 0.1) is 24.2 Å². The van der Waals surface area contributed by atoms with Gasteiger partial charge in [-0.1, -0.05) is 31.0 Å². The van der Waals surface area contributed by atoms with E-state index in [2.05, 4.69) is 49.5 Å². The van der Waals surface area contributed by atoms with E-state index < -0.39 is 0 Å². The first-order valence-electron chi connectivity index (χ1n) is 7.56.